The third-order valence-electron chi connectivity index (χ3n) is 2.10. The Labute approximate surface area is 97.6 Å². The predicted molar refractivity (Wildman–Crippen MR) is 64.1 cm³/mol. The predicted octanol–water partition coefficient (Wildman–Crippen LogP) is 2.25. The molecule has 0 saturated carbocycles. The van der Waals surface area contributed by atoms with Gasteiger partial charge in [-0.3, -0.25) is 0 Å². The summed E-state index contributed by atoms with van der Waals surface area (Å²) in [6.45, 7) is 0.552. The van der Waals surface area contributed by atoms with Crippen LogP contribution in [0.5, 0.6) is 0 Å². The van der Waals surface area contributed by atoms with Crippen molar-refractivity contribution in [2.24, 2.45) is 10.7 Å². The molecular weight excluding hydrogens is 233 g/mol. The molecule has 1 aliphatic heterocycles. The maximum absolute atomic E-state index is 5.92. The minimum Gasteiger partial charge on any atom is -0.370 e. The first-order valence-corrected chi connectivity index (χ1v) is 5.13. The molecule has 0 radical (unpaired) electrons. The van der Waals surface area contributed by atoms with Gasteiger partial charge in [-0.15, -0.1) is 0 Å². The van der Waals surface area contributed by atoms with Crippen molar-refractivity contribution in [1.29, 1.82) is 0 Å². The Bertz CT molecular complexity index is 452. The van der Waals surface area contributed by atoms with Gasteiger partial charge in [-0.2, -0.15) is 0 Å². The lowest BCUT2D eigenvalue weighted by Gasteiger charge is -2.12. The Balaban J connectivity index is 2.28. The summed E-state index contributed by atoms with van der Waals surface area (Å²) in [6, 6.07) is 5.48. The highest BCUT2D eigenvalue weighted by atomic mass is 35.5. The Hall–Kier alpha value is -1.19. The number of rotatable bonds is 1. The topological polar surface area (TPSA) is 50.4 Å². The van der Waals surface area contributed by atoms with Crippen LogP contribution in [0.25, 0.3) is 5.57 Å². The third kappa shape index (κ3) is 2.25. The smallest absolute Gasteiger partial charge is 0.192 e. The lowest BCUT2D eigenvalue weighted by atomic mass is 10.1. The highest BCUT2D eigenvalue weighted by molar-refractivity contribution is 6.42. The van der Waals surface area contributed by atoms with Crippen molar-refractivity contribution in [3.05, 3.63) is 40.0 Å². The highest BCUT2D eigenvalue weighted by Crippen LogP contribution is 2.26. The van der Waals surface area contributed by atoms with Gasteiger partial charge in [0.1, 0.15) is 0 Å². The number of nitrogens with two attached hydrogens (primary N) is 1. The van der Waals surface area contributed by atoms with Gasteiger partial charge in [0.05, 0.1) is 16.6 Å². The van der Waals surface area contributed by atoms with Crippen LogP contribution in [-0.2, 0) is 0 Å². The lowest BCUT2D eigenvalue weighted by Crippen LogP contribution is -2.30. The fraction of sp³-hybridized carbons (Fsp3) is 0.100. The van der Waals surface area contributed by atoms with E-state index in [4.69, 9.17) is 28.9 Å². The summed E-state index contributed by atoms with van der Waals surface area (Å²) in [5.41, 5.74) is 7.50. The summed E-state index contributed by atoms with van der Waals surface area (Å²) < 4.78 is 0. The second-order valence-electron chi connectivity index (χ2n) is 3.14. The van der Waals surface area contributed by atoms with Gasteiger partial charge in [0.2, 0.25) is 0 Å². The first kappa shape index (κ1) is 10.3. The number of hydrogen-bond acceptors (Lipinski definition) is 3. The monoisotopic (exact) mass is 241 g/mol. The number of aliphatic imine (C=N–C) groups is 1. The van der Waals surface area contributed by atoms with Gasteiger partial charge in [-0.1, -0.05) is 29.3 Å². The van der Waals surface area contributed by atoms with Crippen LogP contribution in [-0.4, -0.2) is 12.5 Å². The summed E-state index contributed by atoms with van der Waals surface area (Å²) in [4.78, 5) is 4.08. The van der Waals surface area contributed by atoms with Crippen LogP contribution in [0.3, 0.4) is 0 Å². The highest BCUT2D eigenvalue weighted by Gasteiger charge is 2.07. The second kappa shape index (κ2) is 4.13. The molecule has 1 aromatic rings. The van der Waals surface area contributed by atoms with Gasteiger partial charge >= 0.3 is 0 Å². The molecule has 15 heavy (non-hydrogen) atoms. The Morgan fingerprint density at radius 3 is 2.67 bits per heavy atom. The number of halogens is 2. The zero-order chi connectivity index (χ0) is 10.8. The van der Waals surface area contributed by atoms with E-state index in [1.165, 1.54) is 0 Å². The van der Waals surface area contributed by atoms with E-state index in [1.807, 2.05) is 18.3 Å². The van der Waals surface area contributed by atoms with Gasteiger partial charge in [0.15, 0.2) is 5.96 Å². The van der Waals surface area contributed by atoms with Crippen molar-refractivity contribution < 1.29 is 0 Å². The lowest BCUT2D eigenvalue weighted by molar-refractivity contribution is 1.09. The molecule has 3 nitrogen and oxygen atoms in total. The van der Waals surface area contributed by atoms with Crippen molar-refractivity contribution in [2.75, 3.05) is 6.54 Å². The molecule has 0 atom stereocenters. The maximum atomic E-state index is 5.92. The SMILES string of the molecule is NC1=NCC(c2ccc(Cl)c(Cl)c2)=CN1. The molecule has 0 aliphatic carbocycles. The molecule has 0 aromatic heterocycles. The molecule has 5 heteroatoms. The molecule has 1 aliphatic rings. The summed E-state index contributed by atoms with van der Waals surface area (Å²) in [5.74, 6) is 0.429. The zero-order valence-corrected chi connectivity index (χ0v) is 9.31. The molecule has 1 heterocycles. The van der Waals surface area contributed by atoms with Crippen LogP contribution in [0.2, 0.25) is 10.0 Å². The summed E-state index contributed by atoms with van der Waals surface area (Å²) >= 11 is 11.7. The first-order chi connectivity index (χ1) is 7.16. The molecule has 0 amide bonds. The maximum Gasteiger partial charge on any atom is 0.192 e. The van der Waals surface area contributed by atoms with Crippen LogP contribution in [0.15, 0.2) is 29.4 Å². The average molecular weight is 242 g/mol. The number of nitrogens with zero attached hydrogens (tertiary/aromatic N) is 1. The molecule has 3 N–H and O–H groups in total. The molecule has 0 spiro atoms. The molecule has 78 valence electrons. The van der Waals surface area contributed by atoms with Gasteiger partial charge in [0.25, 0.3) is 0 Å². The van der Waals surface area contributed by atoms with Gasteiger partial charge in [-0.25, -0.2) is 4.99 Å². The number of guanidine groups is 1. The van der Waals surface area contributed by atoms with Crippen LogP contribution < -0.4 is 11.1 Å². The van der Waals surface area contributed by atoms with Crippen LogP contribution in [0.1, 0.15) is 5.56 Å². The molecule has 0 fully saturated rings. The van der Waals surface area contributed by atoms with E-state index < -0.39 is 0 Å². The van der Waals surface area contributed by atoms with Crippen molar-refractivity contribution >= 4 is 34.7 Å². The van der Waals surface area contributed by atoms with Gasteiger partial charge < -0.3 is 11.1 Å². The number of nitrogens with one attached hydrogen (secondary N) is 1. The summed E-state index contributed by atoms with van der Waals surface area (Å²) in [7, 11) is 0. The van der Waals surface area contributed by atoms with E-state index in [2.05, 4.69) is 10.3 Å². The first-order valence-electron chi connectivity index (χ1n) is 4.38. The van der Waals surface area contributed by atoms with Crippen molar-refractivity contribution in [1.82, 2.24) is 5.32 Å². The molecule has 0 unspecified atom stereocenters. The third-order valence-corrected chi connectivity index (χ3v) is 2.84. The molecule has 0 bridgehead atoms. The minimum absolute atomic E-state index is 0.429. The van der Waals surface area contributed by atoms with E-state index >= 15 is 0 Å². The van der Waals surface area contributed by atoms with Gasteiger partial charge in [0, 0.05) is 6.20 Å². The fourth-order valence-corrected chi connectivity index (χ4v) is 1.59. The van der Waals surface area contributed by atoms with E-state index in [0.717, 1.165) is 11.1 Å². The van der Waals surface area contributed by atoms with E-state index in [1.54, 1.807) is 6.07 Å². The largest absolute Gasteiger partial charge is 0.370 e. The molecular formula is C10H9Cl2N3. The van der Waals surface area contributed by atoms with Crippen LogP contribution in [0.4, 0.5) is 0 Å². The Morgan fingerprint density at radius 1 is 1.27 bits per heavy atom. The quantitative estimate of drug-likeness (QED) is 0.793. The van der Waals surface area contributed by atoms with Crippen molar-refractivity contribution in [3.8, 4) is 0 Å². The van der Waals surface area contributed by atoms with Gasteiger partial charge in [-0.05, 0) is 23.3 Å². The minimum atomic E-state index is 0.429. The average Bonchev–Trinajstić information content (AvgIpc) is 2.23. The standard InChI is InChI=1S/C10H9Cl2N3/c11-8-2-1-6(3-9(8)12)7-4-14-10(13)15-5-7/h1-4H,5H2,(H3,13,14,15). The Kier molecular flexibility index (Phi) is 2.84. The second-order valence-corrected chi connectivity index (χ2v) is 3.96. The summed E-state index contributed by atoms with van der Waals surface area (Å²) in [5, 5.41) is 3.94. The number of benzene rings is 1. The van der Waals surface area contributed by atoms with Crippen molar-refractivity contribution in [2.45, 2.75) is 0 Å². The number of hydrogen-bond donors (Lipinski definition) is 2. The normalized spacial score (nSPS) is 15.3. The molecule has 2 rings (SSSR count). The van der Waals surface area contributed by atoms with Crippen molar-refractivity contribution in [3.63, 3.8) is 0 Å². The van der Waals surface area contributed by atoms with Crippen LogP contribution >= 0.6 is 23.2 Å². The Morgan fingerprint density at radius 2 is 2.07 bits per heavy atom. The van der Waals surface area contributed by atoms with Crippen LogP contribution in [0, 0.1) is 0 Å². The van der Waals surface area contributed by atoms with E-state index in [9.17, 15) is 0 Å². The fourth-order valence-electron chi connectivity index (χ4n) is 1.29. The zero-order valence-electron chi connectivity index (χ0n) is 7.80. The van der Waals surface area contributed by atoms with E-state index in [0.29, 0.717) is 22.5 Å². The molecule has 0 saturated heterocycles. The molecule has 1 aromatic carbocycles. The summed E-state index contributed by atoms with van der Waals surface area (Å²) in [6.07, 6.45) is 1.82. The van der Waals surface area contributed by atoms with E-state index in [-0.39, 0.29) is 0 Å².